The maximum absolute atomic E-state index is 12.4. The molecule has 0 saturated carbocycles. The van der Waals surface area contributed by atoms with Crippen LogP contribution in [0.3, 0.4) is 0 Å². The van der Waals surface area contributed by atoms with Gasteiger partial charge in [-0.05, 0) is 30.9 Å². The van der Waals surface area contributed by atoms with E-state index in [-0.39, 0.29) is 0 Å². The van der Waals surface area contributed by atoms with Crippen LogP contribution in [-0.4, -0.2) is 51.3 Å². The highest BCUT2D eigenvalue weighted by Gasteiger charge is 2.23. The fourth-order valence-corrected chi connectivity index (χ4v) is 3.67. The maximum atomic E-state index is 12.4. The maximum Gasteiger partial charge on any atom is 0.223 e. The van der Waals surface area contributed by atoms with Crippen molar-refractivity contribution >= 4 is 11.6 Å². The van der Waals surface area contributed by atoms with Crippen LogP contribution in [0.1, 0.15) is 25.0 Å². The first-order valence-electron chi connectivity index (χ1n) is 8.87. The second-order valence-corrected chi connectivity index (χ2v) is 6.82. The van der Waals surface area contributed by atoms with Gasteiger partial charge in [0.05, 0.1) is 5.69 Å². The molecule has 1 amide bonds. The number of carbonyl (C=O) groups excluding carboxylic acids is 1. The number of amides is 1. The highest BCUT2D eigenvalue weighted by molar-refractivity contribution is 5.76. The van der Waals surface area contributed by atoms with Crippen molar-refractivity contribution < 1.29 is 4.79 Å². The molecule has 1 saturated heterocycles. The van der Waals surface area contributed by atoms with Gasteiger partial charge in [-0.1, -0.05) is 18.2 Å². The molecule has 0 radical (unpaired) electrons. The Morgan fingerprint density at radius 2 is 2.08 bits per heavy atom. The molecule has 0 N–H and O–H groups in total. The Kier molecular flexibility index (Phi) is 4.34. The summed E-state index contributed by atoms with van der Waals surface area (Å²) in [5, 5.41) is 0. The molecular weight excluding hydrogens is 300 g/mol. The summed E-state index contributed by atoms with van der Waals surface area (Å²) >= 11 is 0. The van der Waals surface area contributed by atoms with E-state index in [1.807, 2.05) is 29.3 Å². The lowest BCUT2D eigenvalue weighted by atomic mass is 10.0. The van der Waals surface area contributed by atoms with E-state index in [4.69, 9.17) is 0 Å². The molecule has 2 aromatic heterocycles. The number of hydrogen-bond donors (Lipinski definition) is 0. The fourth-order valence-electron chi connectivity index (χ4n) is 3.67. The largest absolute Gasteiger partial charge is 0.340 e. The minimum atomic E-state index is 0.318. The first-order chi connectivity index (χ1) is 11.8. The van der Waals surface area contributed by atoms with Gasteiger partial charge in [0.2, 0.25) is 5.91 Å². The third kappa shape index (κ3) is 3.36. The lowest BCUT2D eigenvalue weighted by molar-refractivity contribution is -0.133. The molecule has 0 aromatic carbocycles. The van der Waals surface area contributed by atoms with Crippen molar-refractivity contribution in [1.29, 1.82) is 0 Å². The second-order valence-electron chi connectivity index (χ2n) is 6.82. The summed E-state index contributed by atoms with van der Waals surface area (Å²) in [6, 6.07) is 6.05. The second kappa shape index (κ2) is 6.77. The van der Waals surface area contributed by atoms with Gasteiger partial charge in [0, 0.05) is 51.5 Å². The van der Waals surface area contributed by atoms with Crippen LogP contribution in [0.5, 0.6) is 0 Å². The number of hydrogen-bond acceptors (Lipinski definition) is 3. The summed E-state index contributed by atoms with van der Waals surface area (Å²) in [5.41, 5.74) is 2.09. The predicted molar refractivity (Wildman–Crippen MR) is 93.5 cm³/mol. The van der Waals surface area contributed by atoms with Gasteiger partial charge in [-0.3, -0.25) is 9.69 Å². The van der Waals surface area contributed by atoms with E-state index in [1.165, 1.54) is 0 Å². The Hall–Kier alpha value is -2.14. The molecule has 1 aliphatic carbocycles. The molecule has 3 heterocycles. The molecule has 0 spiro atoms. The monoisotopic (exact) mass is 324 g/mol. The number of carbonyl (C=O) groups is 1. The van der Waals surface area contributed by atoms with E-state index in [0.717, 1.165) is 56.9 Å². The van der Waals surface area contributed by atoms with E-state index in [2.05, 4.69) is 32.6 Å². The van der Waals surface area contributed by atoms with Crippen molar-refractivity contribution in [2.75, 3.05) is 26.2 Å². The van der Waals surface area contributed by atoms with Crippen molar-refractivity contribution in [2.24, 2.45) is 5.92 Å². The number of rotatable bonds is 4. The molecule has 24 heavy (non-hydrogen) atoms. The summed E-state index contributed by atoms with van der Waals surface area (Å²) < 4.78 is 2.06. The third-order valence-corrected chi connectivity index (χ3v) is 5.07. The van der Waals surface area contributed by atoms with Crippen molar-refractivity contribution in [3.05, 3.63) is 48.4 Å². The van der Waals surface area contributed by atoms with Gasteiger partial charge >= 0.3 is 0 Å². The summed E-state index contributed by atoms with van der Waals surface area (Å²) in [7, 11) is 0. The van der Waals surface area contributed by atoms with E-state index in [1.54, 1.807) is 0 Å². The molecule has 2 aliphatic rings. The van der Waals surface area contributed by atoms with Crippen molar-refractivity contribution in [3.8, 4) is 0 Å². The molecule has 4 rings (SSSR count). The van der Waals surface area contributed by atoms with Crippen LogP contribution < -0.4 is 0 Å². The summed E-state index contributed by atoms with van der Waals surface area (Å²) in [4.78, 5) is 21.5. The standard InChI is InChI=1S/C19H24N4O/c24-19(13-16-5-1-2-6-16)22-11-9-21(10-12-22)14-17-15-23-8-4-3-7-18(23)20-17/h1,3-5,7-8,15-16H,2,6,9-14H2/t16-/m1/s1. The van der Waals surface area contributed by atoms with Crippen LogP contribution in [-0.2, 0) is 11.3 Å². The number of nitrogens with zero attached hydrogens (tertiary/aromatic N) is 4. The Morgan fingerprint density at radius 3 is 2.83 bits per heavy atom. The highest BCUT2D eigenvalue weighted by atomic mass is 16.2. The molecule has 2 aromatic rings. The fraction of sp³-hybridized carbons (Fsp3) is 0.474. The van der Waals surface area contributed by atoms with Crippen LogP contribution in [0.2, 0.25) is 0 Å². The molecule has 1 fully saturated rings. The molecule has 1 aliphatic heterocycles. The average molecular weight is 324 g/mol. The zero-order valence-electron chi connectivity index (χ0n) is 14.0. The Balaban J connectivity index is 1.29. The van der Waals surface area contributed by atoms with Crippen LogP contribution >= 0.6 is 0 Å². The van der Waals surface area contributed by atoms with E-state index in [9.17, 15) is 4.79 Å². The Morgan fingerprint density at radius 1 is 1.21 bits per heavy atom. The first kappa shape index (κ1) is 15.4. The lowest BCUT2D eigenvalue weighted by Crippen LogP contribution is -2.48. The molecule has 0 unspecified atom stereocenters. The topological polar surface area (TPSA) is 40.9 Å². The first-order valence-corrected chi connectivity index (χ1v) is 8.87. The van der Waals surface area contributed by atoms with Gasteiger partial charge in [0.1, 0.15) is 5.65 Å². The lowest BCUT2D eigenvalue weighted by Gasteiger charge is -2.34. The quantitative estimate of drug-likeness (QED) is 0.811. The van der Waals surface area contributed by atoms with E-state index < -0.39 is 0 Å². The SMILES string of the molecule is O=C(C[C@@H]1C=CCC1)N1CCN(Cc2cn3ccccc3n2)CC1. The number of aromatic nitrogens is 2. The molecule has 5 heteroatoms. The van der Waals surface area contributed by atoms with Gasteiger partial charge in [-0.2, -0.15) is 0 Å². The normalized spacial score (nSPS) is 21.7. The number of piperazine rings is 1. The molecule has 0 bridgehead atoms. The highest BCUT2D eigenvalue weighted by Crippen LogP contribution is 2.21. The van der Waals surface area contributed by atoms with Crippen molar-refractivity contribution in [3.63, 3.8) is 0 Å². The number of fused-ring (bicyclic) bond motifs is 1. The molecular formula is C19H24N4O. The molecule has 1 atom stereocenters. The minimum absolute atomic E-state index is 0.318. The van der Waals surface area contributed by atoms with E-state index >= 15 is 0 Å². The van der Waals surface area contributed by atoms with Gasteiger partial charge in [0.15, 0.2) is 0 Å². The number of pyridine rings is 1. The smallest absolute Gasteiger partial charge is 0.223 e. The number of imidazole rings is 1. The summed E-state index contributed by atoms with van der Waals surface area (Å²) in [6.45, 7) is 4.39. The third-order valence-electron chi connectivity index (χ3n) is 5.07. The zero-order valence-corrected chi connectivity index (χ0v) is 14.0. The summed E-state index contributed by atoms with van der Waals surface area (Å²) in [5.74, 6) is 0.785. The summed E-state index contributed by atoms with van der Waals surface area (Å²) in [6.07, 6.45) is 11.5. The molecule has 126 valence electrons. The van der Waals surface area contributed by atoms with Gasteiger partial charge in [0.25, 0.3) is 0 Å². The van der Waals surface area contributed by atoms with Gasteiger partial charge in [-0.15, -0.1) is 0 Å². The zero-order chi connectivity index (χ0) is 16.4. The molecule has 5 nitrogen and oxygen atoms in total. The number of allylic oxidation sites excluding steroid dienone is 2. The Bertz CT molecular complexity index is 710. The van der Waals surface area contributed by atoms with Crippen LogP contribution in [0.25, 0.3) is 5.65 Å². The van der Waals surface area contributed by atoms with Crippen molar-refractivity contribution in [1.82, 2.24) is 19.2 Å². The van der Waals surface area contributed by atoms with Crippen LogP contribution in [0, 0.1) is 5.92 Å². The van der Waals surface area contributed by atoms with Crippen molar-refractivity contribution in [2.45, 2.75) is 25.8 Å². The minimum Gasteiger partial charge on any atom is -0.340 e. The van der Waals surface area contributed by atoms with Crippen LogP contribution in [0.15, 0.2) is 42.7 Å². The van der Waals surface area contributed by atoms with Crippen LogP contribution in [0.4, 0.5) is 0 Å². The van der Waals surface area contributed by atoms with Gasteiger partial charge < -0.3 is 9.30 Å². The van der Waals surface area contributed by atoms with Gasteiger partial charge in [-0.25, -0.2) is 4.98 Å². The average Bonchev–Trinajstić information content (AvgIpc) is 3.24. The van der Waals surface area contributed by atoms with E-state index in [0.29, 0.717) is 18.2 Å². The Labute approximate surface area is 142 Å². The predicted octanol–water partition coefficient (Wildman–Crippen LogP) is 2.33.